The van der Waals surface area contributed by atoms with Crippen LogP contribution in [-0.2, 0) is 19.1 Å². The fourth-order valence-electron chi connectivity index (χ4n) is 4.75. The largest absolute Gasteiger partial charge is 0.427 e. The van der Waals surface area contributed by atoms with Crippen molar-refractivity contribution in [2.24, 2.45) is 11.3 Å². The molecule has 2 saturated heterocycles. The van der Waals surface area contributed by atoms with Gasteiger partial charge in [0.15, 0.2) is 11.2 Å². The van der Waals surface area contributed by atoms with Crippen LogP contribution in [0.1, 0.15) is 40.0 Å². The molecule has 0 aromatic heterocycles. The third-order valence-corrected chi connectivity index (χ3v) is 6.02. The minimum Gasteiger partial charge on any atom is -0.427 e. The average Bonchev–Trinajstić information content (AvgIpc) is 3.00. The predicted octanol–water partition coefficient (Wildman–Crippen LogP) is 1.09. The van der Waals surface area contributed by atoms with Gasteiger partial charge in [-0.3, -0.25) is 4.79 Å². The number of hydrogen-bond donors (Lipinski definition) is 1. The highest BCUT2D eigenvalue weighted by Crippen LogP contribution is 2.75. The summed E-state index contributed by atoms with van der Waals surface area (Å²) in [5.41, 5.74) is -2.13. The molecular formula is C15H18O5. The molecule has 2 spiro atoms. The smallest absolute Gasteiger partial charge is 0.341 e. The van der Waals surface area contributed by atoms with Crippen molar-refractivity contribution in [3.8, 4) is 0 Å². The molecule has 0 aromatic carbocycles. The van der Waals surface area contributed by atoms with E-state index in [1.807, 2.05) is 19.9 Å². The van der Waals surface area contributed by atoms with Gasteiger partial charge in [0.05, 0.1) is 11.3 Å². The van der Waals surface area contributed by atoms with Gasteiger partial charge in [-0.15, -0.1) is 0 Å². The van der Waals surface area contributed by atoms with Crippen molar-refractivity contribution in [1.82, 2.24) is 0 Å². The van der Waals surface area contributed by atoms with Gasteiger partial charge in [0.25, 0.3) is 5.79 Å². The first-order valence-corrected chi connectivity index (χ1v) is 7.09. The number of allylic oxidation sites excluding steroid dienone is 1. The molecule has 1 saturated carbocycles. The van der Waals surface area contributed by atoms with Crippen LogP contribution in [0, 0.1) is 11.3 Å². The number of carbonyl (C=O) groups excluding carboxylic acids is 2. The summed E-state index contributed by atoms with van der Waals surface area (Å²) in [5, 5.41) is 10.4. The van der Waals surface area contributed by atoms with Crippen LogP contribution in [0.4, 0.5) is 0 Å². The maximum absolute atomic E-state index is 12.4. The second-order valence-electron chi connectivity index (χ2n) is 6.93. The summed E-state index contributed by atoms with van der Waals surface area (Å²) in [6.45, 7) is 5.30. The van der Waals surface area contributed by atoms with Crippen molar-refractivity contribution < 1.29 is 24.2 Å². The molecule has 0 unspecified atom stereocenters. The molecular weight excluding hydrogens is 260 g/mol. The van der Waals surface area contributed by atoms with Crippen molar-refractivity contribution >= 4 is 11.8 Å². The van der Waals surface area contributed by atoms with Gasteiger partial charge in [-0.05, 0) is 39.2 Å². The Kier molecular flexibility index (Phi) is 1.89. The van der Waals surface area contributed by atoms with Crippen molar-refractivity contribution in [1.29, 1.82) is 0 Å². The second kappa shape index (κ2) is 3.02. The first-order chi connectivity index (χ1) is 9.22. The van der Waals surface area contributed by atoms with Crippen LogP contribution in [0.3, 0.4) is 0 Å². The quantitative estimate of drug-likeness (QED) is 0.408. The maximum atomic E-state index is 12.4. The molecule has 5 heteroatoms. The summed E-state index contributed by atoms with van der Waals surface area (Å²) >= 11 is 0. The van der Waals surface area contributed by atoms with Crippen LogP contribution in [0.15, 0.2) is 11.6 Å². The molecule has 5 atom stereocenters. The standard InChI is InChI=1S/C15H18O5/c1-8-4-5-10(16)12(2)7-6-9-13(3,18)11(17)19-15(9)14(8,12)20-15/h4,9,18H,5-7H2,1-3H3/t9-,12+,13+,14+,15-/m1/s1. The first-order valence-electron chi connectivity index (χ1n) is 7.09. The number of epoxide rings is 1. The fourth-order valence-corrected chi connectivity index (χ4v) is 4.75. The minimum atomic E-state index is -1.54. The van der Waals surface area contributed by atoms with Crippen molar-refractivity contribution in [2.75, 3.05) is 0 Å². The SMILES string of the molecule is CC1=CCC(=O)[C@]2(C)CC[C@H]3[C@@]4(OC(=O)[C@@]3(C)O)O[C@]142. The Morgan fingerprint density at radius 2 is 2.05 bits per heavy atom. The molecule has 0 bridgehead atoms. The van der Waals surface area contributed by atoms with E-state index in [1.165, 1.54) is 6.92 Å². The lowest BCUT2D eigenvalue weighted by Crippen LogP contribution is -2.56. The number of aliphatic hydroxyl groups is 1. The lowest BCUT2D eigenvalue weighted by Gasteiger charge is -2.44. The van der Waals surface area contributed by atoms with Crippen LogP contribution in [0.5, 0.6) is 0 Å². The second-order valence-corrected chi connectivity index (χ2v) is 6.93. The van der Waals surface area contributed by atoms with Gasteiger partial charge in [-0.1, -0.05) is 6.08 Å². The van der Waals surface area contributed by atoms with Crippen LogP contribution >= 0.6 is 0 Å². The Hall–Kier alpha value is -1.20. The van der Waals surface area contributed by atoms with Gasteiger partial charge >= 0.3 is 5.97 Å². The lowest BCUT2D eigenvalue weighted by molar-refractivity contribution is -0.158. The van der Waals surface area contributed by atoms with Crippen LogP contribution < -0.4 is 0 Å². The molecule has 2 aliphatic heterocycles. The van der Waals surface area contributed by atoms with Crippen molar-refractivity contribution in [3.05, 3.63) is 11.6 Å². The van der Waals surface area contributed by atoms with Gasteiger partial charge < -0.3 is 14.6 Å². The molecule has 3 fully saturated rings. The Balaban J connectivity index is 1.92. The molecule has 2 heterocycles. The van der Waals surface area contributed by atoms with Crippen LogP contribution in [0.2, 0.25) is 0 Å². The number of Topliss-reactive ketones (excluding diaryl/α,β-unsaturated/α-hetero) is 1. The zero-order valence-corrected chi connectivity index (χ0v) is 11.9. The third kappa shape index (κ3) is 0.940. The predicted molar refractivity (Wildman–Crippen MR) is 67.5 cm³/mol. The number of ketones is 1. The summed E-state index contributed by atoms with van der Waals surface area (Å²) in [6, 6.07) is 0. The zero-order chi connectivity index (χ0) is 14.6. The Morgan fingerprint density at radius 3 is 2.75 bits per heavy atom. The summed E-state index contributed by atoms with van der Waals surface area (Å²) < 4.78 is 11.5. The molecule has 0 amide bonds. The van der Waals surface area contributed by atoms with Gasteiger partial charge in [0.2, 0.25) is 0 Å². The molecule has 108 valence electrons. The Labute approximate surface area is 116 Å². The van der Waals surface area contributed by atoms with Gasteiger partial charge in [0, 0.05) is 6.42 Å². The zero-order valence-electron chi connectivity index (χ0n) is 11.9. The molecule has 0 aromatic rings. The van der Waals surface area contributed by atoms with Gasteiger partial charge in [-0.25, -0.2) is 4.79 Å². The van der Waals surface area contributed by atoms with E-state index in [0.29, 0.717) is 19.3 Å². The van der Waals surface area contributed by atoms with E-state index in [0.717, 1.165) is 5.57 Å². The highest BCUT2D eigenvalue weighted by molar-refractivity contribution is 5.92. The normalized spacial score (nSPS) is 56.4. The van der Waals surface area contributed by atoms with E-state index in [1.54, 1.807) is 0 Å². The Bertz CT molecular complexity index is 591. The highest BCUT2D eigenvalue weighted by Gasteiger charge is 2.91. The topological polar surface area (TPSA) is 76.1 Å². The number of hydrogen-bond acceptors (Lipinski definition) is 5. The number of rotatable bonds is 0. The molecule has 0 radical (unpaired) electrons. The van der Waals surface area contributed by atoms with Crippen molar-refractivity contribution in [2.45, 2.75) is 57.0 Å². The summed E-state index contributed by atoms with van der Waals surface area (Å²) in [7, 11) is 0. The summed E-state index contributed by atoms with van der Waals surface area (Å²) in [6.07, 6.45) is 3.42. The molecule has 4 rings (SSSR count). The lowest BCUT2D eigenvalue weighted by atomic mass is 9.55. The molecule has 1 N–H and O–H groups in total. The first kappa shape index (κ1) is 12.5. The highest BCUT2D eigenvalue weighted by atomic mass is 16.8. The molecule has 20 heavy (non-hydrogen) atoms. The molecule has 4 aliphatic rings. The van der Waals surface area contributed by atoms with E-state index >= 15 is 0 Å². The summed E-state index contributed by atoms with van der Waals surface area (Å²) in [4.78, 5) is 24.4. The van der Waals surface area contributed by atoms with E-state index in [9.17, 15) is 14.7 Å². The van der Waals surface area contributed by atoms with Crippen LogP contribution in [0.25, 0.3) is 0 Å². The third-order valence-electron chi connectivity index (χ3n) is 6.02. The monoisotopic (exact) mass is 278 g/mol. The summed E-state index contributed by atoms with van der Waals surface area (Å²) in [5.74, 6) is -2.07. The van der Waals surface area contributed by atoms with E-state index < -0.39 is 34.3 Å². The van der Waals surface area contributed by atoms with E-state index in [2.05, 4.69) is 0 Å². The van der Waals surface area contributed by atoms with Crippen molar-refractivity contribution in [3.63, 3.8) is 0 Å². The van der Waals surface area contributed by atoms with Gasteiger partial charge in [0.1, 0.15) is 5.78 Å². The Morgan fingerprint density at radius 1 is 1.35 bits per heavy atom. The minimum absolute atomic E-state index is 0.126. The number of carbonyl (C=O) groups is 2. The average molecular weight is 278 g/mol. The van der Waals surface area contributed by atoms with Gasteiger partial charge in [-0.2, -0.15) is 0 Å². The number of ether oxygens (including phenoxy) is 2. The molecule has 2 aliphatic carbocycles. The fraction of sp³-hybridized carbons (Fsp3) is 0.733. The van der Waals surface area contributed by atoms with E-state index in [-0.39, 0.29) is 5.78 Å². The van der Waals surface area contributed by atoms with Crippen LogP contribution in [-0.4, -0.2) is 33.8 Å². The van der Waals surface area contributed by atoms with E-state index in [4.69, 9.17) is 9.47 Å². The maximum Gasteiger partial charge on any atom is 0.341 e. The molecule has 5 nitrogen and oxygen atoms in total. The number of esters is 1.